The van der Waals surface area contributed by atoms with E-state index in [9.17, 15) is 14.0 Å². The summed E-state index contributed by atoms with van der Waals surface area (Å²) in [5, 5.41) is 2.68. The fraction of sp³-hybridized carbons (Fsp3) is 0.389. The number of methoxy groups -OCH3 is 2. The molecule has 9 heteroatoms. The number of hydrogen-bond acceptors (Lipinski definition) is 5. The third-order valence-corrected chi connectivity index (χ3v) is 4.52. The van der Waals surface area contributed by atoms with Crippen LogP contribution in [0.4, 0.5) is 9.18 Å². The van der Waals surface area contributed by atoms with Gasteiger partial charge in [0.15, 0.2) is 0 Å². The number of nitrogens with one attached hydrogen (secondary N) is 2. The molecule has 144 valence electrons. The third-order valence-electron chi connectivity index (χ3n) is 4.52. The minimum Gasteiger partial charge on any atom is -0.497 e. The van der Waals surface area contributed by atoms with E-state index in [1.807, 2.05) is 0 Å². The standard InChI is InChI=1S/C18H21FN4O4/c1-26-11-3-4-12(13(19)9-11)17-16-14(21-10-22-16)6-8-23(17)18(25)20-7-5-15(24)27-2/h3-4,9-10,17H,5-8H2,1-2H3,(H,20,25)(H,21,22). The summed E-state index contributed by atoms with van der Waals surface area (Å²) in [4.78, 5) is 32.8. The molecule has 2 heterocycles. The van der Waals surface area contributed by atoms with Gasteiger partial charge in [0.25, 0.3) is 0 Å². The first-order valence-corrected chi connectivity index (χ1v) is 8.52. The van der Waals surface area contributed by atoms with E-state index in [-0.39, 0.29) is 13.0 Å². The van der Waals surface area contributed by atoms with Gasteiger partial charge < -0.3 is 24.7 Å². The molecule has 1 atom stereocenters. The predicted molar refractivity (Wildman–Crippen MR) is 93.8 cm³/mol. The lowest BCUT2D eigenvalue weighted by atomic mass is 9.95. The first-order valence-electron chi connectivity index (χ1n) is 8.52. The van der Waals surface area contributed by atoms with E-state index in [2.05, 4.69) is 20.0 Å². The highest BCUT2D eigenvalue weighted by Crippen LogP contribution is 2.35. The van der Waals surface area contributed by atoms with Gasteiger partial charge in [-0.3, -0.25) is 4.79 Å². The van der Waals surface area contributed by atoms with Crippen LogP contribution in [0.2, 0.25) is 0 Å². The van der Waals surface area contributed by atoms with Crippen LogP contribution < -0.4 is 10.1 Å². The van der Waals surface area contributed by atoms with E-state index in [0.29, 0.717) is 30.0 Å². The highest BCUT2D eigenvalue weighted by atomic mass is 19.1. The lowest BCUT2D eigenvalue weighted by molar-refractivity contribution is -0.140. The number of carbonyl (C=O) groups excluding carboxylic acids is 2. The molecule has 0 saturated carbocycles. The van der Waals surface area contributed by atoms with Crippen molar-refractivity contribution >= 4 is 12.0 Å². The van der Waals surface area contributed by atoms with Crippen molar-refractivity contribution < 1.29 is 23.5 Å². The number of hydrogen-bond donors (Lipinski definition) is 2. The van der Waals surface area contributed by atoms with Crippen LogP contribution in [0.5, 0.6) is 5.75 Å². The van der Waals surface area contributed by atoms with Gasteiger partial charge in [0.05, 0.1) is 32.7 Å². The highest BCUT2D eigenvalue weighted by Gasteiger charge is 2.35. The van der Waals surface area contributed by atoms with Crippen LogP contribution in [0.1, 0.15) is 29.4 Å². The number of ether oxygens (including phenoxy) is 2. The first kappa shape index (κ1) is 18.7. The number of fused-ring (bicyclic) bond motifs is 1. The Kier molecular flexibility index (Phi) is 5.58. The number of carbonyl (C=O) groups is 2. The first-order chi connectivity index (χ1) is 13.0. The Hall–Kier alpha value is -3.10. The maximum Gasteiger partial charge on any atom is 0.318 e. The summed E-state index contributed by atoms with van der Waals surface area (Å²) in [6.45, 7) is 0.516. The molecule has 1 aliphatic heterocycles. The highest BCUT2D eigenvalue weighted by molar-refractivity contribution is 5.77. The number of aromatic nitrogens is 2. The molecule has 0 radical (unpaired) electrons. The average Bonchev–Trinajstić information content (AvgIpc) is 3.15. The Bertz CT molecular complexity index is 839. The number of benzene rings is 1. The van der Waals surface area contributed by atoms with Gasteiger partial charge in [0.2, 0.25) is 0 Å². The number of rotatable bonds is 5. The number of amides is 2. The van der Waals surface area contributed by atoms with E-state index in [4.69, 9.17) is 4.74 Å². The van der Waals surface area contributed by atoms with Crippen molar-refractivity contribution in [1.82, 2.24) is 20.2 Å². The summed E-state index contributed by atoms with van der Waals surface area (Å²) in [5.41, 5.74) is 1.80. The molecule has 27 heavy (non-hydrogen) atoms. The number of halogens is 1. The van der Waals surface area contributed by atoms with Gasteiger partial charge in [-0.05, 0) is 12.1 Å². The maximum atomic E-state index is 14.7. The van der Waals surface area contributed by atoms with Crippen molar-refractivity contribution in [1.29, 1.82) is 0 Å². The Morgan fingerprint density at radius 3 is 2.93 bits per heavy atom. The van der Waals surface area contributed by atoms with Crippen molar-refractivity contribution in [2.45, 2.75) is 18.9 Å². The van der Waals surface area contributed by atoms with E-state index < -0.39 is 23.9 Å². The van der Waals surface area contributed by atoms with Gasteiger partial charge in [-0.1, -0.05) is 0 Å². The molecular formula is C18H21FN4O4. The molecule has 0 bridgehead atoms. The van der Waals surface area contributed by atoms with Crippen molar-refractivity contribution in [3.05, 3.63) is 47.3 Å². The smallest absolute Gasteiger partial charge is 0.318 e. The van der Waals surface area contributed by atoms with Gasteiger partial charge in [-0.25, -0.2) is 14.2 Å². The monoisotopic (exact) mass is 376 g/mol. The molecule has 2 N–H and O–H groups in total. The molecule has 2 amide bonds. The molecular weight excluding hydrogens is 355 g/mol. The second kappa shape index (κ2) is 8.07. The van der Waals surface area contributed by atoms with Gasteiger partial charge in [0, 0.05) is 36.8 Å². The zero-order valence-corrected chi connectivity index (χ0v) is 15.1. The Morgan fingerprint density at radius 1 is 1.41 bits per heavy atom. The molecule has 8 nitrogen and oxygen atoms in total. The number of urea groups is 1. The molecule has 0 spiro atoms. The van der Waals surface area contributed by atoms with Gasteiger partial charge in [0.1, 0.15) is 17.6 Å². The Labute approximate surface area is 155 Å². The SMILES string of the molecule is COC(=O)CCNC(=O)N1CCc2[nH]cnc2C1c1ccc(OC)cc1F. The summed E-state index contributed by atoms with van der Waals surface area (Å²) in [5.74, 6) is -0.507. The molecule has 1 aromatic heterocycles. The normalized spacial score (nSPS) is 15.8. The number of nitrogens with zero attached hydrogens (tertiary/aromatic N) is 2. The minimum atomic E-state index is -0.677. The van der Waals surface area contributed by atoms with E-state index in [1.165, 1.54) is 31.5 Å². The second-order valence-electron chi connectivity index (χ2n) is 6.06. The maximum absolute atomic E-state index is 14.7. The molecule has 1 aromatic carbocycles. The predicted octanol–water partition coefficient (Wildman–Crippen LogP) is 1.78. The van der Waals surface area contributed by atoms with Crippen LogP contribution in [0.3, 0.4) is 0 Å². The van der Waals surface area contributed by atoms with Crippen LogP contribution in [-0.2, 0) is 16.0 Å². The molecule has 0 fully saturated rings. The van der Waals surface area contributed by atoms with Crippen LogP contribution in [0, 0.1) is 5.82 Å². The summed E-state index contributed by atoms with van der Waals surface area (Å²) in [6.07, 6.45) is 2.18. The summed E-state index contributed by atoms with van der Waals surface area (Å²) in [7, 11) is 2.75. The zero-order valence-electron chi connectivity index (χ0n) is 15.1. The van der Waals surface area contributed by atoms with Crippen molar-refractivity contribution in [3.8, 4) is 5.75 Å². The Morgan fingerprint density at radius 2 is 2.22 bits per heavy atom. The number of esters is 1. The summed E-state index contributed by atoms with van der Waals surface area (Å²) >= 11 is 0. The van der Waals surface area contributed by atoms with E-state index in [1.54, 1.807) is 12.1 Å². The molecule has 0 aliphatic carbocycles. The van der Waals surface area contributed by atoms with Crippen LogP contribution in [0.25, 0.3) is 0 Å². The van der Waals surface area contributed by atoms with Crippen LogP contribution in [0.15, 0.2) is 24.5 Å². The summed E-state index contributed by atoms with van der Waals surface area (Å²) in [6, 6.07) is 3.45. The van der Waals surface area contributed by atoms with Crippen molar-refractivity contribution in [2.75, 3.05) is 27.3 Å². The molecule has 1 unspecified atom stereocenters. The lowest BCUT2D eigenvalue weighted by Crippen LogP contribution is -2.46. The fourth-order valence-electron chi connectivity index (χ4n) is 3.14. The lowest BCUT2D eigenvalue weighted by Gasteiger charge is -2.35. The van der Waals surface area contributed by atoms with Crippen molar-refractivity contribution in [2.24, 2.45) is 0 Å². The Balaban J connectivity index is 1.87. The molecule has 0 saturated heterocycles. The largest absolute Gasteiger partial charge is 0.497 e. The quantitative estimate of drug-likeness (QED) is 0.776. The number of H-pyrrole nitrogens is 1. The molecule has 1 aliphatic rings. The van der Waals surface area contributed by atoms with E-state index >= 15 is 0 Å². The second-order valence-corrected chi connectivity index (χ2v) is 6.06. The minimum absolute atomic E-state index is 0.0608. The van der Waals surface area contributed by atoms with Gasteiger partial charge >= 0.3 is 12.0 Å². The molecule has 2 aromatic rings. The average molecular weight is 376 g/mol. The zero-order chi connectivity index (χ0) is 19.4. The van der Waals surface area contributed by atoms with Crippen LogP contribution >= 0.6 is 0 Å². The van der Waals surface area contributed by atoms with Crippen LogP contribution in [-0.4, -0.2) is 54.2 Å². The van der Waals surface area contributed by atoms with Gasteiger partial charge in [-0.15, -0.1) is 0 Å². The number of aromatic amines is 1. The fourth-order valence-corrected chi connectivity index (χ4v) is 3.14. The van der Waals surface area contributed by atoms with Crippen molar-refractivity contribution in [3.63, 3.8) is 0 Å². The van der Waals surface area contributed by atoms with E-state index in [0.717, 1.165) is 5.69 Å². The number of imidazole rings is 1. The summed E-state index contributed by atoms with van der Waals surface area (Å²) < 4.78 is 24.3. The third kappa shape index (κ3) is 3.86. The topological polar surface area (TPSA) is 96.6 Å². The molecule has 3 rings (SSSR count). The van der Waals surface area contributed by atoms with Gasteiger partial charge in [-0.2, -0.15) is 0 Å².